The molecule has 0 saturated carbocycles. The van der Waals surface area contributed by atoms with Crippen LogP contribution in [0.2, 0.25) is 0 Å². The Labute approximate surface area is 100 Å². The minimum Gasteiger partial charge on any atom is -0.411 e. The van der Waals surface area contributed by atoms with Gasteiger partial charge in [-0.15, -0.1) is 0 Å². The van der Waals surface area contributed by atoms with E-state index in [2.05, 4.69) is 15.6 Å². The van der Waals surface area contributed by atoms with Crippen LogP contribution >= 0.6 is 0 Å². The molecule has 2 N–H and O–H groups in total. The third-order valence-corrected chi connectivity index (χ3v) is 2.42. The first-order valence-electron chi connectivity index (χ1n) is 5.35. The smallest absolute Gasteiger partial charge is 0.250 e. The molecule has 1 aromatic rings. The van der Waals surface area contributed by atoms with Crippen LogP contribution < -0.4 is 5.32 Å². The minimum absolute atomic E-state index is 0.267. The Hall–Kier alpha value is -1.85. The van der Waals surface area contributed by atoms with Gasteiger partial charge in [-0.2, -0.15) is 5.10 Å². The number of carbonyl (C=O) groups excluding carboxylic acids is 1. The second-order valence-corrected chi connectivity index (χ2v) is 4.74. The number of hydrogen-bond acceptors (Lipinski definition) is 4. The topological polar surface area (TPSA) is 79.5 Å². The zero-order chi connectivity index (χ0) is 13.1. The Morgan fingerprint density at radius 2 is 2.18 bits per heavy atom. The fourth-order valence-corrected chi connectivity index (χ4v) is 1.55. The monoisotopic (exact) mass is 238 g/mol. The highest BCUT2D eigenvalue weighted by molar-refractivity contribution is 6.08. The summed E-state index contributed by atoms with van der Waals surface area (Å²) in [5.41, 5.74) is -0.0710. The number of nitrogens with one attached hydrogen (secondary N) is 1. The van der Waals surface area contributed by atoms with Crippen molar-refractivity contribution in [3.8, 4) is 0 Å². The molecule has 1 heterocycles. The SMILES string of the molecule is CNC(=O)C(C(=NO)C(C)(C)C)n1cccn1. The molecule has 6 heteroatoms. The van der Waals surface area contributed by atoms with Crippen LogP contribution in [0, 0.1) is 5.41 Å². The van der Waals surface area contributed by atoms with E-state index in [0.717, 1.165) is 0 Å². The third kappa shape index (κ3) is 2.83. The summed E-state index contributed by atoms with van der Waals surface area (Å²) < 4.78 is 1.47. The zero-order valence-electron chi connectivity index (χ0n) is 10.5. The van der Waals surface area contributed by atoms with Gasteiger partial charge in [0, 0.05) is 24.9 Å². The highest BCUT2D eigenvalue weighted by atomic mass is 16.4. The maximum absolute atomic E-state index is 11.9. The van der Waals surface area contributed by atoms with Gasteiger partial charge in [-0.1, -0.05) is 25.9 Å². The lowest BCUT2D eigenvalue weighted by atomic mass is 9.85. The van der Waals surface area contributed by atoms with Crippen LogP contribution in [-0.4, -0.2) is 33.7 Å². The average Bonchev–Trinajstić information content (AvgIpc) is 2.75. The molecule has 1 atom stereocenters. The molecule has 0 aliphatic carbocycles. The van der Waals surface area contributed by atoms with Crippen LogP contribution in [-0.2, 0) is 4.79 Å². The maximum atomic E-state index is 11.9. The molecule has 0 fully saturated rings. The molecule has 17 heavy (non-hydrogen) atoms. The third-order valence-electron chi connectivity index (χ3n) is 2.42. The first kappa shape index (κ1) is 13.2. The van der Waals surface area contributed by atoms with Gasteiger partial charge in [0.05, 0.1) is 5.71 Å². The average molecular weight is 238 g/mol. The van der Waals surface area contributed by atoms with Crippen LogP contribution in [0.1, 0.15) is 26.8 Å². The summed E-state index contributed by atoms with van der Waals surface area (Å²) >= 11 is 0. The molecule has 94 valence electrons. The fraction of sp³-hybridized carbons (Fsp3) is 0.545. The molecule has 0 saturated heterocycles. The lowest BCUT2D eigenvalue weighted by molar-refractivity contribution is -0.122. The quantitative estimate of drug-likeness (QED) is 0.469. The Bertz CT molecular complexity index is 404. The van der Waals surface area contributed by atoms with Gasteiger partial charge in [0.25, 0.3) is 5.91 Å². The van der Waals surface area contributed by atoms with E-state index in [1.165, 1.54) is 11.7 Å². The number of amides is 1. The van der Waals surface area contributed by atoms with Gasteiger partial charge >= 0.3 is 0 Å². The Balaban J connectivity index is 3.20. The van der Waals surface area contributed by atoms with E-state index in [0.29, 0.717) is 5.71 Å². The molecule has 1 unspecified atom stereocenters. The summed E-state index contributed by atoms with van der Waals surface area (Å²) in [5.74, 6) is -0.267. The highest BCUT2D eigenvalue weighted by Gasteiger charge is 2.34. The largest absolute Gasteiger partial charge is 0.411 e. The number of oxime groups is 1. The molecule has 1 aromatic heterocycles. The van der Waals surface area contributed by atoms with Crippen LogP contribution in [0.25, 0.3) is 0 Å². The number of carbonyl (C=O) groups is 1. The lowest BCUT2D eigenvalue weighted by Gasteiger charge is -2.26. The van der Waals surface area contributed by atoms with Crippen molar-refractivity contribution in [2.24, 2.45) is 10.6 Å². The fourth-order valence-electron chi connectivity index (χ4n) is 1.55. The summed E-state index contributed by atoms with van der Waals surface area (Å²) in [6.45, 7) is 5.63. The Morgan fingerprint density at radius 1 is 1.53 bits per heavy atom. The van der Waals surface area contributed by atoms with Crippen molar-refractivity contribution in [1.82, 2.24) is 15.1 Å². The number of hydrogen-bond donors (Lipinski definition) is 2. The molecule has 0 spiro atoms. The number of aromatic nitrogens is 2. The Kier molecular flexibility index (Phi) is 3.88. The van der Waals surface area contributed by atoms with Gasteiger partial charge in [0.1, 0.15) is 0 Å². The molecule has 0 aromatic carbocycles. The molecular weight excluding hydrogens is 220 g/mol. The van der Waals surface area contributed by atoms with Crippen molar-refractivity contribution in [3.05, 3.63) is 18.5 Å². The van der Waals surface area contributed by atoms with Crippen LogP contribution in [0.4, 0.5) is 0 Å². The summed E-state index contributed by atoms with van der Waals surface area (Å²) in [4.78, 5) is 11.9. The van der Waals surface area contributed by atoms with Crippen molar-refractivity contribution in [2.75, 3.05) is 7.05 Å². The van der Waals surface area contributed by atoms with Crippen LogP contribution in [0.5, 0.6) is 0 Å². The second-order valence-electron chi connectivity index (χ2n) is 4.74. The zero-order valence-corrected chi connectivity index (χ0v) is 10.5. The summed E-state index contributed by atoms with van der Waals surface area (Å²) in [6.07, 6.45) is 3.24. The molecule has 6 nitrogen and oxygen atoms in total. The van der Waals surface area contributed by atoms with Crippen molar-refractivity contribution >= 4 is 11.6 Å². The van der Waals surface area contributed by atoms with E-state index >= 15 is 0 Å². The summed E-state index contributed by atoms with van der Waals surface area (Å²) in [6, 6.07) is 0.980. The van der Waals surface area contributed by atoms with Gasteiger partial charge in [-0.3, -0.25) is 9.48 Å². The molecule has 1 rings (SSSR count). The van der Waals surface area contributed by atoms with Gasteiger partial charge in [0.15, 0.2) is 6.04 Å². The number of likely N-dealkylation sites (N-methyl/N-ethyl adjacent to an activating group) is 1. The van der Waals surface area contributed by atoms with Gasteiger partial charge in [0.2, 0.25) is 0 Å². The normalized spacial score (nSPS) is 14.5. The van der Waals surface area contributed by atoms with E-state index in [9.17, 15) is 4.79 Å². The van der Waals surface area contributed by atoms with Crippen LogP contribution in [0.3, 0.4) is 0 Å². The summed E-state index contributed by atoms with van der Waals surface area (Å²) in [5, 5.41) is 19.0. The standard InChI is InChI=1S/C11H18N4O2/c1-11(2,3)9(14-17)8(10(16)12-4)15-7-5-6-13-15/h5-8,17H,1-4H3,(H,12,16). The van der Waals surface area contributed by atoms with E-state index in [1.54, 1.807) is 18.5 Å². The second kappa shape index (κ2) is 4.99. The van der Waals surface area contributed by atoms with Crippen molar-refractivity contribution < 1.29 is 10.0 Å². The number of rotatable bonds is 3. The van der Waals surface area contributed by atoms with Gasteiger partial charge < -0.3 is 10.5 Å². The van der Waals surface area contributed by atoms with E-state index < -0.39 is 11.5 Å². The van der Waals surface area contributed by atoms with Crippen molar-refractivity contribution in [1.29, 1.82) is 0 Å². The number of nitrogens with zero attached hydrogens (tertiary/aromatic N) is 3. The van der Waals surface area contributed by atoms with E-state index in [4.69, 9.17) is 5.21 Å². The molecule has 0 radical (unpaired) electrons. The highest BCUT2D eigenvalue weighted by Crippen LogP contribution is 2.24. The van der Waals surface area contributed by atoms with Crippen molar-refractivity contribution in [3.63, 3.8) is 0 Å². The van der Waals surface area contributed by atoms with Gasteiger partial charge in [-0.25, -0.2) is 0 Å². The summed E-state index contributed by atoms with van der Waals surface area (Å²) in [7, 11) is 1.54. The van der Waals surface area contributed by atoms with E-state index in [1.807, 2.05) is 20.8 Å². The predicted octanol–water partition coefficient (Wildman–Crippen LogP) is 1.05. The first-order chi connectivity index (χ1) is 7.91. The van der Waals surface area contributed by atoms with E-state index in [-0.39, 0.29) is 5.91 Å². The maximum Gasteiger partial charge on any atom is 0.250 e. The molecule has 0 aliphatic rings. The molecule has 1 amide bonds. The van der Waals surface area contributed by atoms with Crippen LogP contribution in [0.15, 0.2) is 23.6 Å². The molecular formula is C11H18N4O2. The predicted molar refractivity (Wildman–Crippen MR) is 64.0 cm³/mol. The molecule has 0 bridgehead atoms. The first-order valence-corrected chi connectivity index (χ1v) is 5.35. The lowest BCUT2D eigenvalue weighted by Crippen LogP contribution is -2.41. The van der Waals surface area contributed by atoms with Crippen molar-refractivity contribution in [2.45, 2.75) is 26.8 Å². The van der Waals surface area contributed by atoms with Gasteiger partial charge in [-0.05, 0) is 6.07 Å². The molecule has 0 aliphatic heterocycles. The Morgan fingerprint density at radius 3 is 2.53 bits per heavy atom. The minimum atomic E-state index is -0.736.